The van der Waals surface area contributed by atoms with Crippen LogP contribution < -0.4 is 9.04 Å². The Morgan fingerprint density at radius 2 is 2.00 bits per heavy atom. The van der Waals surface area contributed by atoms with Crippen molar-refractivity contribution in [3.63, 3.8) is 0 Å². The molecule has 2 aliphatic rings. The summed E-state index contributed by atoms with van der Waals surface area (Å²) in [7, 11) is -3.77. The van der Waals surface area contributed by atoms with Gasteiger partial charge in [0.25, 0.3) is 10.0 Å². The van der Waals surface area contributed by atoms with Crippen LogP contribution in [0.2, 0.25) is 0 Å². The van der Waals surface area contributed by atoms with E-state index in [4.69, 9.17) is 4.74 Å². The Labute approximate surface area is 184 Å². The van der Waals surface area contributed by atoms with Gasteiger partial charge in [0.15, 0.2) is 0 Å². The van der Waals surface area contributed by atoms with E-state index in [0.29, 0.717) is 24.3 Å². The minimum atomic E-state index is -3.77. The normalized spacial score (nSPS) is 18.7. The van der Waals surface area contributed by atoms with Crippen molar-refractivity contribution >= 4 is 27.1 Å². The molecule has 1 aliphatic carbocycles. The number of hydrogen-bond donors (Lipinski definition) is 0. The average Bonchev–Trinajstić information content (AvgIpc) is 2.77. The second-order valence-electron chi connectivity index (χ2n) is 8.49. The van der Waals surface area contributed by atoms with Crippen molar-refractivity contribution in [3.8, 4) is 5.75 Å². The van der Waals surface area contributed by atoms with Gasteiger partial charge < -0.3 is 9.53 Å². The van der Waals surface area contributed by atoms with Crippen LogP contribution in [-0.2, 0) is 14.8 Å². The molecule has 164 valence electrons. The van der Waals surface area contributed by atoms with Crippen LogP contribution in [0.4, 0.5) is 5.69 Å². The Morgan fingerprint density at radius 1 is 1.16 bits per heavy atom. The van der Waals surface area contributed by atoms with Crippen LogP contribution in [0.1, 0.15) is 56.6 Å². The Balaban J connectivity index is 1.76. The largest absolute Gasteiger partial charge is 0.486 e. The average molecular weight is 440 g/mol. The Morgan fingerprint density at radius 3 is 2.71 bits per heavy atom. The van der Waals surface area contributed by atoms with E-state index >= 15 is 0 Å². The fraction of sp³-hybridized carbons (Fsp3) is 0.400. The highest BCUT2D eigenvalue weighted by molar-refractivity contribution is 7.92. The third kappa shape index (κ3) is 4.69. The zero-order chi connectivity index (χ0) is 22.0. The van der Waals surface area contributed by atoms with Gasteiger partial charge in [-0.15, -0.1) is 0 Å². The lowest BCUT2D eigenvalue weighted by atomic mass is 9.93. The summed E-state index contributed by atoms with van der Waals surface area (Å²) in [5, 5.41) is 0. The number of allylic oxidation sites excluding steroid dienone is 2. The molecule has 2 aromatic rings. The first kappa shape index (κ1) is 21.6. The third-order valence-electron chi connectivity index (χ3n) is 5.95. The van der Waals surface area contributed by atoms with E-state index in [1.54, 1.807) is 25.1 Å². The summed E-state index contributed by atoms with van der Waals surface area (Å²) in [6, 6.07) is 12.8. The quantitative estimate of drug-likeness (QED) is 0.614. The molecule has 1 heterocycles. The summed E-state index contributed by atoms with van der Waals surface area (Å²) < 4.78 is 34.9. The zero-order valence-corrected chi connectivity index (χ0v) is 19.0. The first-order valence-electron chi connectivity index (χ1n) is 10.9. The summed E-state index contributed by atoms with van der Waals surface area (Å²) in [6.07, 6.45) is 7.15. The number of benzene rings is 2. The highest BCUT2D eigenvalue weighted by atomic mass is 32.2. The maximum absolute atomic E-state index is 13.7. The highest BCUT2D eigenvalue weighted by Gasteiger charge is 2.35. The van der Waals surface area contributed by atoms with E-state index in [9.17, 15) is 13.2 Å². The van der Waals surface area contributed by atoms with Gasteiger partial charge in [0.1, 0.15) is 17.6 Å². The second-order valence-corrected chi connectivity index (χ2v) is 10.4. The number of rotatable bonds is 6. The van der Waals surface area contributed by atoms with Crippen LogP contribution in [0.25, 0.3) is 5.57 Å². The van der Waals surface area contributed by atoms with Crippen molar-refractivity contribution in [2.45, 2.75) is 63.4 Å². The lowest BCUT2D eigenvalue weighted by Gasteiger charge is -2.36. The molecule has 0 N–H and O–H groups in total. The van der Waals surface area contributed by atoms with Crippen molar-refractivity contribution < 1.29 is 17.9 Å². The molecule has 0 bridgehead atoms. The van der Waals surface area contributed by atoms with E-state index in [1.165, 1.54) is 16.3 Å². The van der Waals surface area contributed by atoms with Crippen LogP contribution >= 0.6 is 0 Å². The maximum atomic E-state index is 13.7. The predicted molar refractivity (Wildman–Crippen MR) is 123 cm³/mol. The first-order chi connectivity index (χ1) is 14.8. The molecule has 0 saturated carbocycles. The number of sulfonamides is 1. The molecular formula is C25H29NO4S. The Hall–Kier alpha value is -2.60. The lowest BCUT2D eigenvalue weighted by molar-refractivity contribution is -0.117. The first-order valence-corrected chi connectivity index (χ1v) is 12.4. The number of carbonyl (C=O) groups excluding carboxylic acids is 1. The molecule has 0 amide bonds. The van der Waals surface area contributed by atoms with Crippen molar-refractivity contribution in [2.24, 2.45) is 0 Å². The number of anilines is 1. The topological polar surface area (TPSA) is 63.7 Å². The van der Waals surface area contributed by atoms with Gasteiger partial charge in [-0.1, -0.05) is 24.3 Å². The van der Waals surface area contributed by atoms with E-state index < -0.39 is 10.0 Å². The highest BCUT2D eigenvalue weighted by Crippen LogP contribution is 2.40. The summed E-state index contributed by atoms with van der Waals surface area (Å²) in [5.74, 6) is 0.623. The summed E-state index contributed by atoms with van der Waals surface area (Å²) >= 11 is 0. The number of hydrogen-bond acceptors (Lipinski definition) is 4. The van der Waals surface area contributed by atoms with Crippen LogP contribution in [0.5, 0.6) is 5.75 Å². The lowest BCUT2D eigenvalue weighted by Crippen LogP contribution is -2.43. The van der Waals surface area contributed by atoms with Crippen LogP contribution in [0, 0.1) is 6.92 Å². The van der Waals surface area contributed by atoms with E-state index in [1.807, 2.05) is 31.2 Å². The van der Waals surface area contributed by atoms with Gasteiger partial charge in [-0.3, -0.25) is 4.31 Å². The number of Topliss-reactive ketones (excluding diaryl/α,β-unsaturated/α-hetero) is 1. The molecule has 0 unspecified atom stereocenters. The molecule has 0 aromatic heterocycles. The molecule has 1 aliphatic heterocycles. The molecule has 0 spiro atoms. The molecule has 1 atom stereocenters. The third-order valence-corrected chi connectivity index (χ3v) is 7.72. The van der Waals surface area contributed by atoms with E-state index in [0.717, 1.165) is 30.4 Å². The summed E-state index contributed by atoms with van der Waals surface area (Å²) in [4.78, 5) is 11.8. The minimum Gasteiger partial charge on any atom is -0.486 e. The Bertz CT molecular complexity index is 1120. The fourth-order valence-electron chi connectivity index (χ4n) is 4.26. The van der Waals surface area contributed by atoms with E-state index in [2.05, 4.69) is 6.08 Å². The fourth-order valence-corrected chi connectivity index (χ4v) is 5.86. The van der Waals surface area contributed by atoms with Gasteiger partial charge in [0.05, 0.1) is 17.1 Å². The van der Waals surface area contributed by atoms with Gasteiger partial charge in [-0.25, -0.2) is 8.42 Å². The molecule has 0 saturated heterocycles. The predicted octanol–water partition coefficient (Wildman–Crippen LogP) is 5.28. The number of fused-ring (bicyclic) bond motifs is 1. The van der Waals surface area contributed by atoms with Crippen molar-refractivity contribution in [2.75, 3.05) is 10.8 Å². The summed E-state index contributed by atoms with van der Waals surface area (Å²) in [5.41, 5.74) is 3.78. The Kier molecular flexibility index (Phi) is 6.19. The maximum Gasteiger partial charge on any atom is 0.264 e. The van der Waals surface area contributed by atoms with E-state index in [-0.39, 0.29) is 23.3 Å². The molecule has 4 rings (SSSR count). The molecule has 0 radical (unpaired) electrons. The number of carbonyl (C=O) groups is 1. The van der Waals surface area contributed by atoms with Gasteiger partial charge in [-0.2, -0.15) is 0 Å². The molecular weight excluding hydrogens is 410 g/mol. The smallest absolute Gasteiger partial charge is 0.264 e. The molecule has 0 fully saturated rings. The van der Waals surface area contributed by atoms with Gasteiger partial charge in [0, 0.05) is 6.42 Å². The monoisotopic (exact) mass is 439 g/mol. The molecule has 6 heteroatoms. The molecule has 31 heavy (non-hydrogen) atoms. The van der Waals surface area contributed by atoms with Crippen molar-refractivity contribution in [1.29, 1.82) is 0 Å². The van der Waals surface area contributed by atoms with Gasteiger partial charge in [-0.05, 0) is 86.9 Å². The standard InChI is InChI=1S/C25H29NO4S/c1-18-7-6-10-23(15-18)31(28,29)26-17-22(13-11-19(2)27)30-25-14-12-21(16-24(25)26)20-8-4-3-5-9-20/h6-8,10,12,14-16,22H,3-5,9,11,13,17H2,1-2H3/t22-/m0/s1. The van der Waals surface area contributed by atoms with Crippen LogP contribution in [-0.4, -0.2) is 26.8 Å². The van der Waals surface area contributed by atoms with Crippen LogP contribution in [0.15, 0.2) is 53.4 Å². The van der Waals surface area contributed by atoms with Gasteiger partial charge in [0.2, 0.25) is 0 Å². The number of ketones is 1. The van der Waals surface area contributed by atoms with Gasteiger partial charge >= 0.3 is 0 Å². The number of ether oxygens (including phenoxy) is 1. The zero-order valence-electron chi connectivity index (χ0n) is 18.1. The van der Waals surface area contributed by atoms with Crippen molar-refractivity contribution in [1.82, 2.24) is 0 Å². The SMILES string of the molecule is CC(=O)CC[C@H]1CN(S(=O)(=O)c2cccc(C)c2)c2cc(C3=CCCCC3)ccc2O1. The number of nitrogens with zero attached hydrogens (tertiary/aromatic N) is 1. The molecule has 5 nitrogen and oxygen atoms in total. The minimum absolute atomic E-state index is 0.0714. The molecule has 2 aromatic carbocycles. The summed E-state index contributed by atoms with van der Waals surface area (Å²) in [6.45, 7) is 3.62. The van der Waals surface area contributed by atoms with Crippen molar-refractivity contribution in [3.05, 3.63) is 59.7 Å². The number of aryl methyl sites for hydroxylation is 1. The van der Waals surface area contributed by atoms with Crippen LogP contribution in [0.3, 0.4) is 0 Å². The second kappa shape index (κ2) is 8.87.